The van der Waals surface area contributed by atoms with Crippen molar-refractivity contribution in [1.82, 2.24) is 4.98 Å². The number of carbonyl (C=O) groups is 3. The van der Waals surface area contributed by atoms with Crippen LogP contribution in [0.5, 0.6) is 0 Å². The summed E-state index contributed by atoms with van der Waals surface area (Å²) in [7, 11) is 0. The Kier molecular flexibility index (Phi) is 7.37. The van der Waals surface area contributed by atoms with Crippen molar-refractivity contribution in [3.63, 3.8) is 0 Å². The fraction of sp³-hybridized carbons (Fsp3) is 0.350. The molecule has 0 aliphatic heterocycles. The van der Waals surface area contributed by atoms with Gasteiger partial charge >= 0.3 is 18.1 Å². The molecule has 7 nitrogen and oxygen atoms in total. The largest absolute Gasteiger partial charge is 0.461 e. The smallest absolute Gasteiger partial charge is 0.417 e. The van der Waals surface area contributed by atoms with Gasteiger partial charge in [0.05, 0.1) is 22.8 Å². The minimum Gasteiger partial charge on any atom is -0.461 e. The third-order valence-corrected chi connectivity index (χ3v) is 4.64. The van der Waals surface area contributed by atoms with E-state index in [-0.39, 0.29) is 23.6 Å². The summed E-state index contributed by atoms with van der Waals surface area (Å²) in [5, 5.41) is 1.74. The molecule has 31 heavy (non-hydrogen) atoms. The van der Waals surface area contributed by atoms with E-state index in [0.717, 1.165) is 6.07 Å². The Bertz CT molecular complexity index is 1020. The predicted molar refractivity (Wildman–Crippen MR) is 106 cm³/mol. The van der Waals surface area contributed by atoms with Crippen molar-refractivity contribution in [2.45, 2.75) is 40.0 Å². The van der Waals surface area contributed by atoms with Crippen molar-refractivity contribution < 1.29 is 37.0 Å². The molecule has 0 saturated heterocycles. The second kappa shape index (κ2) is 9.42. The molecule has 2 rings (SSSR count). The minimum absolute atomic E-state index is 0.0635. The molecule has 0 bridgehead atoms. The van der Waals surface area contributed by atoms with E-state index in [0.29, 0.717) is 17.3 Å². The molecule has 1 amide bonds. The Balaban J connectivity index is 2.14. The molecule has 2 aromatic rings. The molecule has 1 aromatic carbocycles. The molecule has 1 atom stereocenters. The van der Waals surface area contributed by atoms with Gasteiger partial charge in [-0.3, -0.25) is 4.79 Å². The van der Waals surface area contributed by atoms with Crippen LogP contribution in [0.3, 0.4) is 0 Å². The molecule has 11 heteroatoms. The number of hydrogen-bond acceptors (Lipinski definition) is 5. The van der Waals surface area contributed by atoms with Crippen LogP contribution >= 0.6 is 11.6 Å². The number of hydrogen-bond donors (Lipinski definition) is 2. The molecule has 0 spiro atoms. The molecule has 2 N–H and O–H groups in total. The lowest BCUT2D eigenvalue weighted by Crippen LogP contribution is -2.30. The van der Waals surface area contributed by atoms with Gasteiger partial charge in [0.25, 0.3) is 5.91 Å². The topological polar surface area (TPSA) is 97.5 Å². The number of halogens is 4. The number of H-pyrrole nitrogens is 1. The first-order valence-corrected chi connectivity index (χ1v) is 9.49. The molecule has 0 aliphatic carbocycles. The molecular weight excluding hydrogens is 441 g/mol. The maximum atomic E-state index is 13.0. The lowest BCUT2D eigenvalue weighted by molar-refractivity contribution is -0.137. The predicted octanol–water partition coefficient (Wildman–Crippen LogP) is 4.66. The van der Waals surface area contributed by atoms with Crippen molar-refractivity contribution >= 4 is 35.1 Å². The Morgan fingerprint density at radius 3 is 2.42 bits per heavy atom. The molecule has 1 heterocycles. The zero-order valence-electron chi connectivity index (χ0n) is 17.1. The molecule has 0 radical (unpaired) electrons. The van der Waals surface area contributed by atoms with Crippen LogP contribution in [0.1, 0.15) is 51.5 Å². The van der Waals surface area contributed by atoms with Crippen LogP contribution in [0.4, 0.5) is 18.9 Å². The van der Waals surface area contributed by atoms with E-state index in [1.807, 2.05) is 0 Å². The Morgan fingerprint density at radius 2 is 1.84 bits per heavy atom. The Hall–Kier alpha value is -3.01. The number of ether oxygens (including phenoxy) is 2. The fourth-order valence-electron chi connectivity index (χ4n) is 2.80. The maximum absolute atomic E-state index is 13.0. The van der Waals surface area contributed by atoms with Gasteiger partial charge in [-0.15, -0.1) is 0 Å². The van der Waals surface area contributed by atoms with E-state index in [1.165, 1.54) is 19.9 Å². The molecule has 0 saturated carbocycles. The fourth-order valence-corrected chi connectivity index (χ4v) is 3.03. The van der Waals surface area contributed by atoms with Crippen LogP contribution in [0.25, 0.3) is 0 Å². The van der Waals surface area contributed by atoms with Gasteiger partial charge in [-0.05, 0) is 51.5 Å². The highest BCUT2D eigenvalue weighted by molar-refractivity contribution is 6.31. The highest BCUT2D eigenvalue weighted by atomic mass is 35.5. The number of amides is 1. The summed E-state index contributed by atoms with van der Waals surface area (Å²) < 4.78 is 48.9. The van der Waals surface area contributed by atoms with Gasteiger partial charge in [-0.2, -0.15) is 13.2 Å². The Labute approximate surface area is 180 Å². The number of aromatic amines is 1. The van der Waals surface area contributed by atoms with E-state index < -0.39 is 40.7 Å². The summed E-state index contributed by atoms with van der Waals surface area (Å²) in [6.07, 6.45) is -6.03. The van der Waals surface area contributed by atoms with Crippen LogP contribution in [0, 0.1) is 13.8 Å². The van der Waals surface area contributed by atoms with Gasteiger partial charge in [-0.25, -0.2) is 9.59 Å². The second-order valence-electron chi connectivity index (χ2n) is 6.57. The van der Waals surface area contributed by atoms with Crippen molar-refractivity contribution in [2.24, 2.45) is 0 Å². The molecule has 0 unspecified atom stereocenters. The average Bonchev–Trinajstić information content (AvgIpc) is 2.96. The molecule has 168 valence electrons. The third kappa shape index (κ3) is 5.57. The second-order valence-corrected chi connectivity index (χ2v) is 6.98. The summed E-state index contributed by atoms with van der Waals surface area (Å²) in [6.45, 7) is 6.11. The third-order valence-electron chi connectivity index (χ3n) is 4.31. The van der Waals surface area contributed by atoms with Crippen molar-refractivity contribution in [3.8, 4) is 0 Å². The van der Waals surface area contributed by atoms with Crippen LogP contribution in [-0.2, 0) is 20.4 Å². The number of anilines is 1. The van der Waals surface area contributed by atoms with Gasteiger partial charge in [0, 0.05) is 11.4 Å². The molecule has 0 aliphatic rings. The summed E-state index contributed by atoms with van der Waals surface area (Å²) in [5.41, 5.74) is -0.491. The Morgan fingerprint density at radius 1 is 1.19 bits per heavy atom. The number of carbonyl (C=O) groups excluding carboxylic acids is 3. The highest BCUT2D eigenvalue weighted by Crippen LogP contribution is 2.36. The van der Waals surface area contributed by atoms with Crippen LogP contribution in [0.15, 0.2) is 18.2 Å². The SMILES string of the molecule is CCOC(=O)c1[nH]c(C)c(C(=O)O[C@H](C)C(=O)Nc2ccc(Cl)c(C(F)(F)F)c2)c1C. The lowest BCUT2D eigenvalue weighted by Gasteiger charge is -2.15. The summed E-state index contributed by atoms with van der Waals surface area (Å²) >= 11 is 5.55. The maximum Gasteiger partial charge on any atom is 0.417 e. The highest BCUT2D eigenvalue weighted by Gasteiger charge is 2.34. The van der Waals surface area contributed by atoms with Crippen LogP contribution in [-0.4, -0.2) is 35.5 Å². The van der Waals surface area contributed by atoms with E-state index >= 15 is 0 Å². The van der Waals surface area contributed by atoms with Gasteiger partial charge in [0.15, 0.2) is 6.10 Å². The van der Waals surface area contributed by atoms with E-state index in [9.17, 15) is 27.6 Å². The number of nitrogens with one attached hydrogen (secondary N) is 2. The van der Waals surface area contributed by atoms with Gasteiger partial charge in [-0.1, -0.05) is 11.6 Å². The molecule has 0 fully saturated rings. The average molecular weight is 461 g/mol. The molecular formula is C20H20ClF3N2O5. The summed E-state index contributed by atoms with van der Waals surface area (Å²) in [6, 6.07) is 2.87. The number of benzene rings is 1. The first kappa shape index (κ1) is 24.3. The standard InChI is InChI=1S/C20H20ClF3N2O5/c1-5-30-19(29)16-9(2)15(10(3)25-16)18(28)31-11(4)17(27)26-12-6-7-14(21)13(8-12)20(22,23)24/h6-8,11,25H,5H2,1-4H3,(H,26,27)/t11-/m1/s1. The van der Waals surface area contributed by atoms with Crippen molar-refractivity contribution in [3.05, 3.63) is 51.3 Å². The van der Waals surface area contributed by atoms with Crippen LogP contribution < -0.4 is 5.32 Å². The first-order valence-electron chi connectivity index (χ1n) is 9.11. The van der Waals surface area contributed by atoms with E-state index in [2.05, 4.69) is 10.3 Å². The number of aryl methyl sites for hydroxylation is 1. The quantitative estimate of drug-likeness (QED) is 0.611. The first-order chi connectivity index (χ1) is 14.4. The normalized spacial score (nSPS) is 12.3. The number of rotatable bonds is 6. The summed E-state index contributed by atoms with van der Waals surface area (Å²) in [4.78, 5) is 39.5. The minimum atomic E-state index is -4.70. The summed E-state index contributed by atoms with van der Waals surface area (Å²) in [5.74, 6) is -2.37. The van der Waals surface area contributed by atoms with Crippen LogP contribution in [0.2, 0.25) is 5.02 Å². The lowest BCUT2D eigenvalue weighted by atomic mass is 10.1. The van der Waals surface area contributed by atoms with Gasteiger partial charge < -0.3 is 19.8 Å². The van der Waals surface area contributed by atoms with Crippen molar-refractivity contribution in [2.75, 3.05) is 11.9 Å². The number of esters is 2. The monoisotopic (exact) mass is 460 g/mol. The van der Waals surface area contributed by atoms with E-state index in [4.69, 9.17) is 21.1 Å². The zero-order valence-corrected chi connectivity index (χ0v) is 17.8. The number of aromatic nitrogens is 1. The van der Waals surface area contributed by atoms with E-state index in [1.54, 1.807) is 13.8 Å². The molecule has 1 aromatic heterocycles. The van der Waals surface area contributed by atoms with Crippen molar-refractivity contribution in [1.29, 1.82) is 0 Å². The number of alkyl halides is 3. The van der Waals surface area contributed by atoms with Gasteiger partial charge in [0.1, 0.15) is 5.69 Å². The zero-order chi connectivity index (χ0) is 23.5. The van der Waals surface area contributed by atoms with Gasteiger partial charge in [0.2, 0.25) is 0 Å².